The van der Waals surface area contributed by atoms with Gasteiger partial charge >= 0.3 is 0 Å². The van der Waals surface area contributed by atoms with Gasteiger partial charge in [-0.1, -0.05) is 6.07 Å². The van der Waals surface area contributed by atoms with Gasteiger partial charge in [-0.25, -0.2) is 0 Å². The van der Waals surface area contributed by atoms with E-state index >= 15 is 0 Å². The number of ether oxygens (including phenoxy) is 2. The number of nitrogens with zero attached hydrogens (tertiary/aromatic N) is 3. The summed E-state index contributed by atoms with van der Waals surface area (Å²) in [4.78, 5) is 32.5. The molecule has 0 aliphatic carbocycles. The summed E-state index contributed by atoms with van der Waals surface area (Å²) in [6.45, 7) is -1.83. The molecule has 1 aliphatic heterocycles. The van der Waals surface area contributed by atoms with Gasteiger partial charge in [-0.05, 0) is 103 Å². The van der Waals surface area contributed by atoms with Gasteiger partial charge in [0.15, 0.2) is 0 Å². The molecule has 0 bridgehead atoms. The Morgan fingerprint density at radius 3 is 2.51 bits per heavy atom. The third kappa shape index (κ3) is 7.37. The maximum atomic E-state index is 13.3. The summed E-state index contributed by atoms with van der Waals surface area (Å²) in [6.07, 6.45) is -5.74. The van der Waals surface area contributed by atoms with E-state index in [1.807, 2.05) is 0 Å². The van der Waals surface area contributed by atoms with Gasteiger partial charge in [0.05, 0.1) is 26.9 Å². The Hall–Kier alpha value is -4.60. The van der Waals surface area contributed by atoms with Gasteiger partial charge in [0.2, 0.25) is 5.56 Å². The molecule has 3 aromatic heterocycles. The van der Waals surface area contributed by atoms with Crippen LogP contribution in [0.15, 0.2) is 99.9 Å². The number of unbranched alkanes of at least 4 members (excludes halogenated alkanes) is 1. The number of aryl methyl sites for hydroxylation is 1. The molecule has 9 heteroatoms. The molecule has 3 aromatic carbocycles. The van der Waals surface area contributed by atoms with Crippen molar-refractivity contribution >= 4 is 48.9 Å². The van der Waals surface area contributed by atoms with E-state index < -0.39 is 36.9 Å². The van der Waals surface area contributed by atoms with Crippen molar-refractivity contribution < 1.29 is 20.4 Å². The van der Waals surface area contributed by atoms with E-state index in [1.165, 1.54) is 58.2 Å². The summed E-state index contributed by atoms with van der Waals surface area (Å²) in [5.41, 5.74) is 0.123. The molecule has 1 saturated heterocycles. The molecule has 242 valence electrons. The highest BCUT2D eigenvalue weighted by atomic mass is 32.1. The summed E-state index contributed by atoms with van der Waals surface area (Å²) in [5.74, 6) is 0.0876. The number of benzene rings is 3. The Morgan fingerprint density at radius 2 is 1.62 bits per heavy atom. The summed E-state index contributed by atoms with van der Waals surface area (Å²) in [7, 11) is 0. The van der Waals surface area contributed by atoms with Crippen molar-refractivity contribution in [3.8, 4) is 11.5 Å². The molecular weight excluding hydrogens is 609 g/mol. The quantitative estimate of drug-likeness (QED) is 0.136. The summed E-state index contributed by atoms with van der Waals surface area (Å²) < 4.78 is 82.6. The zero-order valence-electron chi connectivity index (χ0n) is 33.7. The number of hydrogen-bond donors (Lipinski definition) is 1. The largest absolute Gasteiger partial charge is 0.494 e. The molecule has 1 N–H and O–H groups in total. The first-order valence-electron chi connectivity index (χ1n) is 19.6. The predicted octanol–water partition coefficient (Wildman–Crippen LogP) is 6.90. The van der Waals surface area contributed by atoms with Gasteiger partial charge < -0.3 is 23.9 Å². The first-order valence-corrected chi connectivity index (χ1v) is 16.5. The van der Waals surface area contributed by atoms with E-state index in [4.69, 9.17) is 20.4 Å². The number of thiophene rings is 1. The van der Waals surface area contributed by atoms with Gasteiger partial charge in [-0.15, -0.1) is 11.3 Å². The van der Waals surface area contributed by atoms with E-state index in [-0.39, 0.29) is 16.8 Å². The second-order valence-corrected chi connectivity index (χ2v) is 12.3. The molecule has 0 atom stereocenters. The van der Waals surface area contributed by atoms with Crippen LogP contribution in [-0.4, -0.2) is 60.3 Å². The standard InChI is InChI=1S/C38H40N4O4S/c43-37-14-10-28-8-12-30(26-33(28)39-37)45-24-4-2-18-42-35-27-31(13-9-29(35)11-15-38(42)44)46-23-3-1-17-40-19-21-41(22-20-40)34-6-5-7-36-32(34)16-25-47-36/h5-16,25-27H,1-4,17-24H2,(H,39,43)/i2D2,4D2,18D2,24D2. The minimum Gasteiger partial charge on any atom is -0.494 e. The van der Waals surface area contributed by atoms with Crippen molar-refractivity contribution in [2.24, 2.45) is 0 Å². The lowest BCUT2D eigenvalue weighted by Crippen LogP contribution is -2.46. The SMILES string of the molecule is [2H]C([2H])(Oc1ccc2ccc(=O)[nH]c2c1)C([2H])([2H])C([2H])([2H])C([2H])([2H])n1c(=O)ccc2ccc(OCCCCN3CCN(c4cccc5sccc45)CC3)cc21. The second-order valence-electron chi connectivity index (χ2n) is 11.4. The zero-order valence-corrected chi connectivity index (χ0v) is 26.5. The molecule has 0 unspecified atom stereocenters. The smallest absolute Gasteiger partial charge is 0.251 e. The molecule has 0 amide bonds. The number of nitrogens with one attached hydrogen (secondary N) is 1. The molecule has 7 rings (SSSR count). The number of aromatic amines is 1. The Morgan fingerprint density at radius 1 is 0.809 bits per heavy atom. The van der Waals surface area contributed by atoms with Crippen molar-refractivity contribution in [1.29, 1.82) is 0 Å². The van der Waals surface area contributed by atoms with E-state index in [0.29, 0.717) is 27.7 Å². The number of rotatable bonds is 13. The van der Waals surface area contributed by atoms with E-state index in [0.717, 1.165) is 51.6 Å². The van der Waals surface area contributed by atoms with E-state index in [2.05, 4.69) is 44.4 Å². The van der Waals surface area contributed by atoms with Crippen LogP contribution in [0.5, 0.6) is 11.5 Å². The monoisotopic (exact) mass is 656 g/mol. The number of hydrogen-bond acceptors (Lipinski definition) is 7. The highest BCUT2D eigenvalue weighted by Gasteiger charge is 2.18. The lowest BCUT2D eigenvalue weighted by Gasteiger charge is -2.36. The number of aromatic nitrogens is 2. The van der Waals surface area contributed by atoms with Crippen LogP contribution in [0.4, 0.5) is 5.69 Å². The molecule has 1 aliphatic rings. The van der Waals surface area contributed by atoms with Crippen LogP contribution in [-0.2, 0) is 6.50 Å². The lowest BCUT2D eigenvalue weighted by molar-refractivity contribution is 0.239. The predicted molar refractivity (Wildman–Crippen MR) is 193 cm³/mol. The topological polar surface area (TPSA) is 79.8 Å². The summed E-state index contributed by atoms with van der Waals surface area (Å²) in [6, 6.07) is 22.7. The van der Waals surface area contributed by atoms with Crippen molar-refractivity contribution in [3.05, 3.63) is 111 Å². The van der Waals surface area contributed by atoms with Crippen LogP contribution in [0.1, 0.15) is 36.6 Å². The van der Waals surface area contributed by atoms with Crippen LogP contribution in [0.3, 0.4) is 0 Å². The normalized spacial score (nSPS) is 17.7. The Labute approximate surface area is 289 Å². The van der Waals surface area contributed by atoms with Gasteiger partial charge in [0.25, 0.3) is 5.56 Å². The van der Waals surface area contributed by atoms with Gasteiger partial charge in [0, 0.05) is 80.9 Å². The van der Waals surface area contributed by atoms with Crippen molar-refractivity contribution in [3.63, 3.8) is 0 Å². The molecule has 6 aromatic rings. The molecule has 4 heterocycles. The number of H-pyrrole nitrogens is 1. The maximum Gasteiger partial charge on any atom is 0.251 e. The van der Waals surface area contributed by atoms with Crippen molar-refractivity contribution in [1.82, 2.24) is 14.5 Å². The van der Waals surface area contributed by atoms with E-state index in [1.54, 1.807) is 23.5 Å². The minimum absolute atomic E-state index is 0.0503. The third-order valence-corrected chi connectivity index (χ3v) is 9.22. The average Bonchev–Trinajstić information content (AvgIpc) is 3.64. The molecule has 8 nitrogen and oxygen atoms in total. The molecular formula is C38H40N4O4S. The van der Waals surface area contributed by atoms with Gasteiger partial charge in [-0.2, -0.15) is 0 Å². The first kappa shape index (κ1) is 22.8. The fraction of sp³-hybridized carbons (Fsp3) is 0.316. The van der Waals surface area contributed by atoms with Gasteiger partial charge in [0.1, 0.15) is 11.5 Å². The van der Waals surface area contributed by atoms with Gasteiger partial charge in [-0.3, -0.25) is 14.5 Å². The highest BCUT2D eigenvalue weighted by Crippen LogP contribution is 2.31. The lowest BCUT2D eigenvalue weighted by atomic mass is 10.2. The fourth-order valence-electron chi connectivity index (χ4n) is 5.90. The minimum atomic E-state index is -3.69. The number of fused-ring (bicyclic) bond motifs is 3. The van der Waals surface area contributed by atoms with E-state index in [9.17, 15) is 9.59 Å². The average molecular weight is 657 g/mol. The zero-order chi connectivity index (χ0) is 39.2. The second kappa shape index (κ2) is 14.4. The van der Waals surface area contributed by atoms with Crippen molar-refractivity contribution in [2.45, 2.75) is 32.1 Å². The Kier molecular flexibility index (Phi) is 7.02. The van der Waals surface area contributed by atoms with Crippen molar-refractivity contribution in [2.75, 3.05) is 50.8 Å². The van der Waals surface area contributed by atoms with Crippen LogP contribution < -0.4 is 25.5 Å². The van der Waals surface area contributed by atoms with Crippen LogP contribution in [0, 0.1) is 0 Å². The first-order chi connectivity index (χ1) is 26.1. The summed E-state index contributed by atoms with van der Waals surface area (Å²) in [5, 5.41) is 4.38. The highest BCUT2D eigenvalue weighted by molar-refractivity contribution is 7.17. The molecule has 0 spiro atoms. The number of pyridine rings is 2. The Balaban J connectivity index is 1.01. The maximum absolute atomic E-state index is 13.3. The molecule has 0 radical (unpaired) electrons. The Bertz CT molecular complexity index is 2460. The van der Waals surface area contributed by atoms with Crippen LogP contribution in [0.2, 0.25) is 0 Å². The van der Waals surface area contributed by atoms with Crippen LogP contribution in [0.25, 0.3) is 31.9 Å². The third-order valence-electron chi connectivity index (χ3n) is 8.34. The summed E-state index contributed by atoms with van der Waals surface area (Å²) >= 11 is 1.75. The molecule has 0 saturated carbocycles. The number of piperazine rings is 1. The molecule has 1 fully saturated rings. The number of anilines is 1. The van der Waals surface area contributed by atoms with Crippen LogP contribution >= 0.6 is 11.3 Å². The fourth-order valence-corrected chi connectivity index (χ4v) is 6.70. The molecule has 47 heavy (non-hydrogen) atoms.